The Labute approximate surface area is 125 Å². The highest BCUT2D eigenvalue weighted by Crippen LogP contribution is 2.26. The lowest BCUT2D eigenvalue weighted by Crippen LogP contribution is -2.43. The smallest absolute Gasteiger partial charge is 0.322 e. The van der Waals surface area contributed by atoms with E-state index in [2.05, 4.69) is 42.1 Å². The topological polar surface area (TPSA) is 37.3 Å². The van der Waals surface area contributed by atoms with E-state index >= 15 is 0 Å². The van der Waals surface area contributed by atoms with Gasteiger partial charge in [0.25, 0.3) is 0 Å². The summed E-state index contributed by atoms with van der Waals surface area (Å²) >= 11 is 0. The highest BCUT2D eigenvalue weighted by Gasteiger charge is 2.27. The lowest BCUT2D eigenvalue weighted by molar-refractivity contribution is 0.175. The fourth-order valence-electron chi connectivity index (χ4n) is 2.99. The average molecular weight is 283 g/mol. The van der Waals surface area contributed by atoms with Gasteiger partial charge in [0.15, 0.2) is 0 Å². The van der Waals surface area contributed by atoms with Crippen molar-refractivity contribution in [1.82, 2.24) is 9.47 Å². The van der Waals surface area contributed by atoms with Crippen LogP contribution in [0.2, 0.25) is 0 Å². The SMILES string of the molecule is CCc1ccccc1NC(=O)N1CCn2cccc2[C@H]1C. The molecule has 2 heterocycles. The van der Waals surface area contributed by atoms with E-state index in [9.17, 15) is 4.79 Å². The molecule has 0 saturated carbocycles. The molecular weight excluding hydrogens is 262 g/mol. The molecule has 1 atom stereocenters. The molecule has 0 radical (unpaired) electrons. The first-order valence-corrected chi connectivity index (χ1v) is 7.51. The van der Waals surface area contributed by atoms with Crippen molar-refractivity contribution in [3.05, 3.63) is 53.9 Å². The van der Waals surface area contributed by atoms with E-state index in [1.165, 1.54) is 11.3 Å². The molecular formula is C17H21N3O. The second-order valence-corrected chi connectivity index (χ2v) is 5.44. The first-order chi connectivity index (χ1) is 10.2. The van der Waals surface area contributed by atoms with E-state index in [1.54, 1.807) is 0 Å². The highest BCUT2D eigenvalue weighted by atomic mass is 16.2. The Bertz CT molecular complexity index is 647. The minimum Gasteiger partial charge on any atom is -0.348 e. The van der Waals surface area contributed by atoms with Crippen LogP contribution in [-0.2, 0) is 13.0 Å². The van der Waals surface area contributed by atoms with Crippen LogP contribution in [0.1, 0.15) is 31.1 Å². The van der Waals surface area contributed by atoms with E-state index in [4.69, 9.17) is 0 Å². The van der Waals surface area contributed by atoms with Crippen LogP contribution in [0.15, 0.2) is 42.6 Å². The second kappa shape index (κ2) is 5.64. The van der Waals surface area contributed by atoms with Crippen LogP contribution in [0.25, 0.3) is 0 Å². The van der Waals surface area contributed by atoms with Crippen molar-refractivity contribution >= 4 is 11.7 Å². The molecule has 3 rings (SSSR count). The molecule has 4 nitrogen and oxygen atoms in total. The number of aromatic nitrogens is 1. The number of nitrogens with one attached hydrogen (secondary N) is 1. The van der Waals surface area contributed by atoms with Gasteiger partial charge in [0.1, 0.15) is 0 Å². The summed E-state index contributed by atoms with van der Waals surface area (Å²) in [5.41, 5.74) is 3.28. The number of para-hydroxylation sites is 1. The molecule has 0 fully saturated rings. The minimum absolute atomic E-state index is 0.0177. The number of carbonyl (C=O) groups is 1. The third kappa shape index (κ3) is 2.53. The van der Waals surface area contributed by atoms with Gasteiger partial charge in [-0.25, -0.2) is 4.79 Å². The van der Waals surface area contributed by atoms with Gasteiger partial charge in [-0.3, -0.25) is 0 Å². The van der Waals surface area contributed by atoms with Crippen molar-refractivity contribution in [3.8, 4) is 0 Å². The third-order valence-corrected chi connectivity index (χ3v) is 4.24. The van der Waals surface area contributed by atoms with Crippen LogP contribution in [0.3, 0.4) is 0 Å². The van der Waals surface area contributed by atoms with Crippen molar-refractivity contribution in [3.63, 3.8) is 0 Å². The molecule has 21 heavy (non-hydrogen) atoms. The normalized spacial score (nSPS) is 17.4. The first-order valence-electron chi connectivity index (χ1n) is 7.51. The molecule has 0 aliphatic carbocycles. The van der Waals surface area contributed by atoms with Gasteiger partial charge in [0, 0.05) is 30.7 Å². The number of fused-ring (bicyclic) bond motifs is 1. The fraction of sp³-hybridized carbons (Fsp3) is 0.353. The maximum atomic E-state index is 12.6. The van der Waals surface area contributed by atoms with Gasteiger partial charge in [0.05, 0.1) is 6.04 Å². The molecule has 4 heteroatoms. The number of nitrogens with zero attached hydrogens (tertiary/aromatic N) is 2. The summed E-state index contributed by atoms with van der Waals surface area (Å²) in [6.07, 6.45) is 2.99. The van der Waals surface area contributed by atoms with Crippen LogP contribution < -0.4 is 5.32 Å². The van der Waals surface area contributed by atoms with Crippen LogP contribution in [-0.4, -0.2) is 22.0 Å². The predicted octanol–water partition coefficient (Wildman–Crippen LogP) is 3.66. The quantitative estimate of drug-likeness (QED) is 0.897. The molecule has 0 saturated heterocycles. The zero-order chi connectivity index (χ0) is 14.8. The van der Waals surface area contributed by atoms with Gasteiger partial charge in [-0.1, -0.05) is 25.1 Å². The molecule has 110 valence electrons. The Balaban J connectivity index is 1.77. The number of benzene rings is 1. The summed E-state index contributed by atoms with van der Waals surface area (Å²) in [7, 11) is 0. The van der Waals surface area contributed by atoms with Gasteiger partial charge in [-0.2, -0.15) is 0 Å². The molecule has 0 unspecified atom stereocenters. The summed E-state index contributed by atoms with van der Waals surface area (Å²) < 4.78 is 2.22. The van der Waals surface area contributed by atoms with Crippen LogP contribution in [0.5, 0.6) is 0 Å². The van der Waals surface area contributed by atoms with E-state index in [-0.39, 0.29) is 12.1 Å². The van der Waals surface area contributed by atoms with Gasteiger partial charge >= 0.3 is 6.03 Å². The summed E-state index contributed by atoms with van der Waals surface area (Å²) in [6.45, 7) is 5.77. The monoisotopic (exact) mass is 283 g/mol. The van der Waals surface area contributed by atoms with Crippen molar-refractivity contribution < 1.29 is 4.79 Å². The zero-order valence-corrected chi connectivity index (χ0v) is 12.5. The van der Waals surface area contributed by atoms with Crippen LogP contribution in [0.4, 0.5) is 10.5 Å². The van der Waals surface area contributed by atoms with E-state index in [0.29, 0.717) is 0 Å². The summed E-state index contributed by atoms with van der Waals surface area (Å²) in [5, 5.41) is 3.06. The Morgan fingerprint density at radius 1 is 1.24 bits per heavy atom. The maximum Gasteiger partial charge on any atom is 0.322 e. The van der Waals surface area contributed by atoms with Crippen LogP contribution in [0, 0.1) is 0 Å². The standard InChI is InChI=1S/C17H21N3O/c1-3-14-7-4-5-8-15(14)18-17(21)20-12-11-19-10-6-9-16(19)13(20)2/h4-10,13H,3,11-12H2,1-2H3,(H,18,21)/t13-/m1/s1. The van der Waals surface area contributed by atoms with Crippen molar-refractivity contribution in [1.29, 1.82) is 0 Å². The molecule has 0 bridgehead atoms. The van der Waals surface area contributed by atoms with E-state index in [1.807, 2.05) is 29.2 Å². The van der Waals surface area contributed by atoms with Crippen molar-refractivity contribution in [2.45, 2.75) is 32.9 Å². The number of urea groups is 1. The van der Waals surface area contributed by atoms with Gasteiger partial charge in [-0.05, 0) is 37.1 Å². The first kappa shape index (κ1) is 13.7. The molecule has 1 aliphatic heterocycles. The molecule has 1 N–H and O–H groups in total. The molecule has 1 aliphatic rings. The Morgan fingerprint density at radius 3 is 2.86 bits per heavy atom. The van der Waals surface area contributed by atoms with Crippen molar-refractivity contribution in [2.24, 2.45) is 0 Å². The number of amides is 2. The average Bonchev–Trinajstić information content (AvgIpc) is 2.97. The Kier molecular flexibility index (Phi) is 3.69. The van der Waals surface area contributed by atoms with Gasteiger partial charge in [-0.15, -0.1) is 0 Å². The maximum absolute atomic E-state index is 12.6. The molecule has 0 spiro atoms. The zero-order valence-electron chi connectivity index (χ0n) is 12.5. The van der Waals surface area contributed by atoms with E-state index < -0.39 is 0 Å². The highest BCUT2D eigenvalue weighted by molar-refractivity contribution is 5.90. The molecule has 2 amide bonds. The minimum atomic E-state index is -0.0177. The van der Waals surface area contributed by atoms with Gasteiger partial charge < -0.3 is 14.8 Å². The number of hydrogen-bond donors (Lipinski definition) is 1. The van der Waals surface area contributed by atoms with Gasteiger partial charge in [0.2, 0.25) is 0 Å². The number of hydrogen-bond acceptors (Lipinski definition) is 1. The molecule has 1 aromatic heterocycles. The number of aryl methyl sites for hydroxylation is 1. The summed E-state index contributed by atoms with van der Waals surface area (Å²) in [5.74, 6) is 0. The Morgan fingerprint density at radius 2 is 2.05 bits per heavy atom. The van der Waals surface area contributed by atoms with Crippen molar-refractivity contribution in [2.75, 3.05) is 11.9 Å². The summed E-state index contributed by atoms with van der Waals surface area (Å²) in [6, 6.07) is 12.2. The number of carbonyl (C=O) groups excluding carboxylic acids is 1. The molecule has 2 aromatic rings. The second-order valence-electron chi connectivity index (χ2n) is 5.44. The third-order valence-electron chi connectivity index (χ3n) is 4.24. The lowest BCUT2D eigenvalue weighted by Gasteiger charge is -2.35. The summed E-state index contributed by atoms with van der Waals surface area (Å²) in [4.78, 5) is 14.5. The lowest BCUT2D eigenvalue weighted by atomic mass is 10.1. The predicted molar refractivity (Wildman–Crippen MR) is 84.4 cm³/mol. The fourth-order valence-corrected chi connectivity index (χ4v) is 2.99. The Hall–Kier alpha value is -2.23. The molecule has 1 aromatic carbocycles. The number of anilines is 1. The van der Waals surface area contributed by atoms with Crippen LogP contribution >= 0.6 is 0 Å². The number of rotatable bonds is 2. The largest absolute Gasteiger partial charge is 0.348 e. The van der Waals surface area contributed by atoms with E-state index in [0.717, 1.165) is 25.2 Å².